The standard InChI is InChI=1S/C20H31NO4/c1-13(2)10-15-12-24-18(21(15)19(22)25-20(4,5)6)17-9-8-16(23-7)11-14(17)3/h8-9,11,13,15,18H,10,12H2,1-7H3. The van der Waals surface area contributed by atoms with Crippen LogP contribution in [0.5, 0.6) is 5.75 Å². The van der Waals surface area contributed by atoms with Crippen LogP contribution in [0.4, 0.5) is 4.79 Å². The Morgan fingerprint density at radius 2 is 2.04 bits per heavy atom. The van der Waals surface area contributed by atoms with Crippen LogP contribution in [0.1, 0.15) is 58.4 Å². The van der Waals surface area contributed by atoms with Crippen LogP contribution in [0.15, 0.2) is 18.2 Å². The summed E-state index contributed by atoms with van der Waals surface area (Å²) in [5, 5.41) is 0. The van der Waals surface area contributed by atoms with Crippen LogP contribution in [0.25, 0.3) is 0 Å². The zero-order valence-corrected chi connectivity index (χ0v) is 16.5. The van der Waals surface area contributed by atoms with Crippen molar-refractivity contribution in [2.75, 3.05) is 13.7 Å². The molecular weight excluding hydrogens is 318 g/mol. The van der Waals surface area contributed by atoms with E-state index in [-0.39, 0.29) is 12.1 Å². The molecule has 1 heterocycles. The first-order valence-electron chi connectivity index (χ1n) is 8.90. The number of ether oxygens (including phenoxy) is 3. The van der Waals surface area contributed by atoms with Crippen molar-refractivity contribution in [2.24, 2.45) is 5.92 Å². The van der Waals surface area contributed by atoms with Crippen molar-refractivity contribution in [3.8, 4) is 5.75 Å². The van der Waals surface area contributed by atoms with Gasteiger partial charge < -0.3 is 14.2 Å². The second-order valence-electron chi connectivity index (χ2n) is 8.08. The van der Waals surface area contributed by atoms with E-state index in [1.807, 2.05) is 45.9 Å². The van der Waals surface area contributed by atoms with Gasteiger partial charge in [-0.2, -0.15) is 0 Å². The van der Waals surface area contributed by atoms with E-state index in [0.717, 1.165) is 23.3 Å². The van der Waals surface area contributed by atoms with E-state index < -0.39 is 11.8 Å². The second-order valence-corrected chi connectivity index (χ2v) is 8.08. The first-order chi connectivity index (χ1) is 11.6. The molecule has 0 aromatic heterocycles. The Morgan fingerprint density at radius 3 is 2.56 bits per heavy atom. The quantitative estimate of drug-likeness (QED) is 0.791. The lowest BCUT2D eigenvalue weighted by Gasteiger charge is -2.32. The zero-order chi connectivity index (χ0) is 18.8. The molecule has 2 atom stereocenters. The molecule has 0 aliphatic carbocycles. The Balaban J connectivity index is 2.33. The molecule has 5 nitrogen and oxygen atoms in total. The maximum absolute atomic E-state index is 12.9. The van der Waals surface area contributed by atoms with Crippen LogP contribution in [-0.2, 0) is 9.47 Å². The van der Waals surface area contributed by atoms with Crippen LogP contribution in [0.2, 0.25) is 0 Å². The Hall–Kier alpha value is -1.75. The Labute approximate surface area is 151 Å². The minimum absolute atomic E-state index is 0.0151. The first kappa shape index (κ1) is 19.6. The van der Waals surface area contributed by atoms with Crippen LogP contribution in [0.3, 0.4) is 0 Å². The van der Waals surface area contributed by atoms with Gasteiger partial charge in [-0.05, 0) is 57.7 Å². The number of rotatable bonds is 4. The lowest BCUT2D eigenvalue weighted by molar-refractivity contribution is -0.0150. The van der Waals surface area contributed by atoms with E-state index in [2.05, 4.69) is 13.8 Å². The number of hydrogen-bond donors (Lipinski definition) is 0. The van der Waals surface area contributed by atoms with Gasteiger partial charge in [0.15, 0.2) is 6.23 Å². The molecule has 1 aliphatic rings. The number of methoxy groups -OCH3 is 1. The molecule has 2 unspecified atom stereocenters. The van der Waals surface area contributed by atoms with Gasteiger partial charge in [-0.15, -0.1) is 0 Å². The normalized spacial score (nSPS) is 20.9. The van der Waals surface area contributed by atoms with Crippen molar-refractivity contribution in [1.29, 1.82) is 0 Å². The fraction of sp³-hybridized carbons (Fsp3) is 0.650. The van der Waals surface area contributed by atoms with Gasteiger partial charge in [-0.25, -0.2) is 4.79 Å². The number of benzene rings is 1. The summed E-state index contributed by atoms with van der Waals surface area (Å²) in [6.45, 7) is 12.5. The lowest BCUT2D eigenvalue weighted by atomic mass is 10.0. The van der Waals surface area contributed by atoms with E-state index in [1.165, 1.54) is 0 Å². The number of aryl methyl sites for hydroxylation is 1. The van der Waals surface area contributed by atoms with Gasteiger partial charge in [-0.3, -0.25) is 4.90 Å². The number of amides is 1. The predicted octanol–water partition coefficient (Wildman–Crippen LogP) is 4.68. The number of nitrogens with zero attached hydrogens (tertiary/aromatic N) is 1. The smallest absolute Gasteiger partial charge is 0.412 e. The third-order valence-electron chi connectivity index (χ3n) is 4.18. The molecule has 1 aromatic rings. The largest absolute Gasteiger partial charge is 0.497 e. The van der Waals surface area contributed by atoms with Gasteiger partial charge in [0.25, 0.3) is 0 Å². The van der Waals surface area contributed by atoms with Crippen LogP contribution in [0, 0.1) is 12.8 Å². The molecule has 0 bridgehead atoms. The van der Waals surface area contributed by atoms with Gasteiger partial charge in [-0.1, -0.05) is 19.9 Å². The molecule has 1 amide bonds. The molecule has 0 radical (unpaired) electrons. The molecular formula is C20H31NO4. The van der Waals surface area contributed by atoms with E-state index in [9.17, 15) is 4.79 Å². The Kier molecular flexibility index (Phi) is 5.99. The maximum Gasteiger partial charge on any atom is 0.412 e. The third kappa shape index (κ3) is 4.88. The summed E-state index contributed by atoms with van der Waals surface area (Å²) in [5.74, 6) is 1.26. The zero-order valence-electron chi connectivity index (χ0n) is 16.5. The summed E-state index contributed by atoms with van der Waals surface area (Å²) in [4.78, 5) is 14.6. The average molecular weight is 349 g/mol. The summed E-state index contributed by atoms with van der Waals surface area (Å²) in [5.41, 5.74) is 1.46. The van der Waals surface area contributed by atoms with Crippen molar-refractivity contribution in [1.82, 2.24) is 4.90 Å². The molecule has 1 aromatic carbocycles. The third-order valence-corrected chi connectivity index (χ3v) is 4.18. The second kappa shape index (κ2) is 7.65. The van der Waals surface area contributed by atoms with Crippen molar-refractivity contribution >= 4 is 6.09 Å². The molecule has 1 aliphatic heterocycles. The van der Waals surface area contributed by atoms with Crippen molar-refractivity contribution in [3.05, 3.63) is 29.3 Å². The van der Waals surface area contributed by atoms with Crippen molar-refractivity contribution in [3.63, 3.8) is 0 Å². The SMILES string of the molecule is COc1ccc(C2OCC(CC(C)C)N2C(=O)OC(C)(C)C)c(C)c1. The predicted molar refractivity (Wildman–Crippen MR) is 97.7 cm³/mol. The molecule has 25 heavy (non-hydrogen) atoms. The highest BCUT2D eigenvalue weighted by molar-refractivity contribution is 5.69. The molecule has 140 valence electrons. The van der Waals surface area contributed by atoms with Gasteiger partial charge in [0, 0.05) is 5.56 Å². The van der Waals surface area contributed by atoms with E-state index in [0.29, 0.717) is 12.5 Å². The van der Waals surface area contributed by atoms with Gasteiger partial charge in [0.05, 0.1) is 19.8 Å². The molecule has 1 fully saturated rings. The first-order valence-corrected chi connectivity index (χ1v) is 8.90. The monoisotopic (exact) mass is 349 g/mol. The summed E-state index contributed by atoms with van der Waals surface area (Å²) < 4.78 is 17.0. The summed E-state index contributed by atoms with van der Waals surface area (Å²) >= 11 is 0. The van der Waals surface area contributed by atoms with E-state index in [4.69, 9.17) is 14.2 Å². The molecule has 0 N–H and O–H groups in total. The molecule has 5 heteroatoms. The summed E-state index contributed by atoms with van der Waals surface area (Å²) in [6.07, 6.45) is 0.130. The highest BCUT2D eigenvalue weighted by Crippen LogP contribution is 2.36. The van der Waals surface area contributed by atoms with Gasteiger partial charge in [0.1, 0.15) is 11.4 Å². The minimum Gasteiger partial charge on any atom is -0.497 e. The maximum atomic E-state index is 12.9. The molecule has 0 spiro atoms. The van der Waals surface area contributed by atoms with Crippen molar-refractivity contribution in [2.45, 2.75) is 65.8 Å². The summed E-state index contributed by atoms with van der Waals surface area (Å²) in [7, 11) is 1.65. The average Bonchev–Trinajstić information content (AvgIpc) is 2.87. The van der Waals surface area contributed by atoms with Gasteiger partial charge in [0.2, 0.25) is 0 Å². The molecule has 0 saturated carbocycles. The van der Waals surface area contributed by atoms with E-state index in [1.54, 1.807) is 12.0 Å². The minimum atomic E-state index is -0.540. The summed E-state index contributed by atoms with van der Waals surface area (Å²) in [6, 6.07) is 5.84. The molecule has 2 rings (SSSR count). The van der Waals surface area contributed by atoms with Crippen LogP contribution in [-0.4, -0.2) is 36.4 Å². The number of carbonyl (C=O) groups is 1. The fourth-order valence-electron chi connectivity index (χ4n) is 3.13. The number of hydrogen-bond acceptors (Lipinski definition) is 4. The van der Waals surface area contributed by atoms with Crippen LogP contribution >= 0.6 is 0 Å². The fourth-order valence-corrected chi connectivity index (χ4v) is 3.13. The Bertz CT molecular complexity index is 606. The highest BCUT2D eigenvalue weighted by atomic mass is 16.6. The lowest BCUT2D eigenvalue weighted by Crippen LogP contribution is -2.42. The number of carbonyl (C=O) groups excluding carboxylic acids is 1. The van der Waals surface area contributed by atoms with Gasteiger partial charge >= 0.3 is 6.09 Å². The highest BCUT2D eigenvalue weighted by Gasteiger charge is 2.41. The van der Waals surface area contributed by atoms with Crippen LogP contribution < -0.4 is 4.74 Å². The van der Waals surface area contributed by atoms with Crippen molar-refractivity contribution < 1.29 is 19.0 Å². The topological polar surface area (TPSA) is 48.0 Å². The molecule has 1 saturated heterocycles. The van der Waals surface area contributed by atoms with E-state index >= 15 is 0 Å². The Morgan fingerprint density at radius 1 is 1.36 bits per heavy atom.